The molecule has 0 heterocycles. The van der Waals surface area contributed by atoms with Crippen LogP contribution in [0.1, 0.15) is 71.6 Å². The molecule has 0 spiro atoms. The summed E-state index contributed by atoms with van der Waals surface area (Å²) in [5.41, 5.74) is -3.56. The molecule has 0 saturated heterocycles. The fourth-order valence-electron chi connectivity index (χ4n) is 7.61. The summed E-state index contributed by atoms with van der Waals surface area (Å²) >= 11 is 0. The summed E-state index contributed by atoms with van der Waals surface area (Å²) in [7, 11) is 0. The van der Waals surface area contributed by atoms with E-state index in [0.29, 0.717) is 43.3 Å². The van der Waals surface area contributed by atoms with Crippen molar-refractivity contribution in [1.29, 1.82) is 0 Å². The molecule has 4 saturated carbocycles. The van der Waals surface area contributed by atoms with Crippen LogP contribution >= 0.6 is 0 Å². The fourth-order valence-corrected chi connectivity index (χ4v) is 7.61. The first-order valence-electron chi connectivity index (χ1n) is 10.2. The standard InChI is InChI=1S/C21H32O5/c1-18-7-5-14(23)11-13(18)3-4-16-15(18)6-8-19(2)20(16,25)9-10-21(19,26)17(24)12-22/h13,15-16,22,25-26H,3-12H2,1-2H3/t13?,15?,16?,18?,19?,20-,21+/m1/s1. The van der Waals surface area contributed by atoms with Crippen molar-refractivity contribution in [1.82, 2.24) is 0 Å². The van der Waals surface area contributed by atoms with Gasteiger partial charge in [0.1, 0.15) is 18.0 Å². The third kappa shape index (κ3) is 2.03. The smallest absolute Gasteiger partial charge is 0.190 e. The number of aliphatic hydroxyl groups is 3. The molecule has 0 aromatic heterocycles. The summed E-state index contributed by atoms with van der Waals surface area (Å²) in [5, 5.41) is 32.4. The van der Waals surface area contributed by atoms with Crippen molar-refractivity contribution < 1.29 is 24.9 Å². The molecular weight excluding hydrogens is 332 g/mol. The van der Waals surface area contributed by atoms with Crippen LogP contribution in [0.2, 0.25) is 0 Å². The van der Waals surface area contributed by atoms with Crippen LogP contribution in [0.15, 0.2) is 0 Å². The second kappa shape index (κ2) is 5.62. The minimum atomic E-state index is -1.64. The summed E-state index contributed by atoms with van der Waals surface area (Å²) in [6, 6.07) is 0. The Kier molecular flexibility index (Phi) is 4.01. The van der Waals surface area contributed by atoms with Crippen LogP contribution in [0, 0.1) is 28.6 Å². The molecule has 3 N–H and O–H groups in total. The van der Waals surface area contributed by atoms with Crippen LogP contribution in [-0.4, -0.2) is 44.7 Å². The van der Waals surface area contributed by atoms with Gasteiger partial charge in [-0.3, -0.25) is 9.59 Å². The lowest BCUT2D eigenvalue weighted by atomic mass is 9.43. The quantitative estimate of drug-likeness (QED) is 0.697. The van der Waals surface area contributed by atoms with E-state index in [1.54, 1.807) is 0 Å². The molecule has 5 unspecified atom stereocenters. The van der Waals surface area contributed by atoms with Gasteiger partial charge in [-0.1, -0.05) is 13.8 Å². The molecule has 7 atom stereocenters. The van der Waals surface area contributed by atoms with Gasteiger partial charge in [0.05, 0.1) is 5.60 Å². The van der Waals surface area contributed by atoms with Gasteiger partial charge in [-0.2, -0.15) is 0 Å². The van der Waals surface area contributed by atoms with E-state index in [9.17, 15) is 24.9 Å². The van der Waals surface area contributed by atoms with Crippen molar-refractivity contribution in [3.8, 4) is 0 Å². The lowest BCUT2D eigenvalue weighted by Crippen LogP contribution is -2.66. The molecule has 0 aromatic carbocycles. The summed E-state index contributed by atoms with van der Waals surface area (Å²) in [4.78, 5) is 24.3. The van der Waals surface area contributed by atoms with Gasteiger partial charge in [-0.05, 0) is 68.1 Å². The van der Waals surface area contributed by atoms with Crippen LogP contribution in [-0.2, 0) is 9.59 Å². The highest BCUT2D eigenvalue weighted by molar-refractivity contribution is 5.89. The Hall–Kier alpha value is -0.780. The molecule has 4 rings (SSSR count). The Morgan fingerprint density at radius 2 is 1.77 bits per heavy atom. The fraction of sp³-hybridized carbons (Fsp3) is 0.905. The van der Waals surface area contributed by atoms with E-state index >= 15 is 0 Å². The second-order valence-corrected chi connectivity index (χ2v) is 9.97. The van der Waals surface area contributed by atoms with E-state index in [1.165, 1.54) is 0 Å². The van der Waals surface area contributed by atoms with Gasteiger partial charge in [-0.15, -0.1) is 0 Å². The molecule has 0 amide bonds. The van der Waals surface area contributed by atoms with Gasteiger partial charge in [0.15, 0.2) is 5.78 Å². The van der Waals surface area contributed by atoms with Gasteiger partial charge in [-0.25, -0.2) is 0 Å². The SMILES string of the molecule is CC12CCC(=O)CC1CCC1C2CCC2(C)[C@@]1(O)CC[C@]2(O)C(=O)CO. The van der Waals surface area contributed by atoms with Crippen LogP contribution < -0.4 is 0 Å². The predicted molar refractivity (Wildman–Crippen MR) is 95.2 cm³/mol. The Morgan fingerprint density at radius 3 is 2.46 bits per heavy atom. The summed E-state index contributed by atoms with van der Waals surface area (Å²) in [6.45, 7) is 3.47. The monoisotopic (exact) mass is 364 g/mol. The molecule has 0 radical (unpaired) electrons. The summed E-state index contributed by atoms with van der Waals surface area (Å²) < 4.78 is 0. The molecule has 26 heavy (non-hydrogen) atoms. The van der Waals surface area contributed by atoms with Crippen molar-refractivity contribution in [2.75, 3.05) is 6.61 Å². The third-order valence-electron chi connectivity index (χ3n) is 9.42. The summed E-state index contributed by atoms with van der Waals surface area (Å²) in [6.07, 6.45) is 6.08. The first kappa shape index (κ1) is 18.6. The minimum Gasteiger partial charge on any atom is -0.389 e. The Balaban J connectivity index is 1.71. The van der Waals surface area contributed by atoms with Crippen molar-refractivity contribution in [3.05, 3.63) is 0 Å². The normalized spacial score (nSPS) is 53.6. The maximum absolute atomic E-state index is 12.4. The molecule has 0 aliphatic heterocycles. The van der Waals surface area contributed by atoms with Crippen molar-refractivity contribution in [2.24, 2.45) is 28.6 Å². The highest BCUT2D eigenvalue weighted by Gasteiger charge is 2.73. The zero-order valence-electron chi connectivity index (χ0n) is 16.0. The highest BCUT2D eigenvalue weighted by atomic mass is 16.3. The number of rotatable bonds is 2. The molecule has 146 valence electrons. The highest BCUT2D eigenvalue weighted by Crippen LogP contribution is 2.69. The van der Waals surface area contributed by atoms with Gasteiger partial charge < -0.3 is 15.3 Å². The number of fused-ring (bicyclic) bond motifs is 5. The number of carbonyl (C=O) groups excluding carboxylic acids is 2. The molecule has 0 bridgehead atoms. The second-order valence-electron chi connectivity index (χ2n) is 9.97. The number of Topliss-reactive ketones (excluding diaryl/α,β-unsaturated/α-hetero) is 2. The number of hydrogen-bond donors (Lipinski definition) is 3. The Labute approximate surface area is 155 Å². The minimum absolute atomic E-state index is 0.0521. The molecule has 4 fully saturated rings. The zero-order valence-corrected chi connectivity index (χ0v) is 16.0. The number of hydrogen-bond acceptors (Lipinski definition) is 5. The van der Waals surface area contributed by atoms with E-state index in [1.807, 2.05) is 6.92 Å². The molecule has 4 aliphatic rings. The van der Waals surface area contributed by atoms with E-state index < -0.39 is 29.0 Å². The van der Waals surface area contributed by atoms with E-state index in [0.717, 1.165) is 25.7 Å². The van der Waals surface area contributed by atoms with Crippen molar-refractivity contribution >= 4 is 11.6 Å². The Morgan fingerprint density at radius 1 is 1.04 bits per heavy atom. The van der Waals surface area contributed by atoms with Gasteiger partial charge >= 0.3 is 0 Å². The average molecular weight is 364 g/mol. The van der Waals surface area contributed by atoms with E-state index in [4.69, 9.17) is 0 Å². The number of aliphatic hydroxyl groups excluding tert-OH is 1. The van der Waals surface area contributed by atoms with Crippen LogP contribution in [0.5, 0.6) is 0 Å². The van der Waals surface area contributed by atoms with Crippen LogP contribution in [0.4, 0.5) is 0 Å². The zero-order chi connectivity index (χ0) is 19.0. The maximum Gasteiger partial charge on any atom is 0.190 e. The largest absolute Gasteiger partial charge is 0.389 e. The first-order valence-corrected chi connectivity index (χ1v) is 10.2. The maximum atomic E-state index is 12.4. The van der Waals surface area contributed by atoms with E-state index in [2.05, 4.69) is 6.92 Å². The predicted octanol–water partition coefficient (Wildman–Crippen LogP) is 2.01. The molecule has 5 nitrogen and oxygen atoms in total. The molecule has 0 aromatic rings. The van der Waals surface area contributed by atoms with Crippen LogP contribution in [0.25, 0.3) is 0 Å². The topological polar surface area (TPSA) is 94.8 Å². The lowest BCUT2D eigenvalue weighted by Gasteiger charge is -2.63. The van der Waals surface area contributed by atoms with Gasteiger partial charge in [0.2, 0.25) is 0 Å². The van der Waals surface area contributed by atoms with Gasteiger partial charge in [0, 0.05) is 18.3 Å². The molecular formula is C21H32O5. The third-order valence-corrected chi connectivity index (χ3v) is 9.42. The van der Waals surface area contributed by atoms with Crippen LogP contribution in [0.3, 0.4) is 0 Å². The van der Waals surface area contributed by atoms with Crippen molar-refractivity contribution in [2.45, 2.75) is 82.8 Å². The van der Waals surface area contributed by atoms with Crippen molar-refractivity contribution in [3.63, 3.8) is 0 Å². The summed E-state index contributed by atoms with van der Waals surface area (Å²) in [5.74, 6) is 0.596. The number of ketones is 2. The van der Waals surface area contributed by atoms with Gasteiger partial charge in [0.25, 0.3) is 0 Å². The number of carbonyl (C=O) groups is 2. The average Bonchev–Trinajstić information content (AvgIpc) is 2.84. The molecule has 4 aliphatic carbocycles. The molecule has 5 heteroatoms. The van der Waals surface area contributed by atoms with E-state index in [-0.39, 0.29) is 17.8 Å². The first-order chi connectivity index (χ1) is 12.1. The lowest BCUT2D eigenvalue weighted by molar-refractivity contribution is -0.230. The Bertz CT molecular complexity index is 646.